The average Bonchev–Trinajstić information content (AvgIpc) is 2.92. The summed E-state index contributed by atoms with van der Waals surface area (Å²) in [6.07, 6.45) is -0.445. The van der Waals surface area contributed by atoms with E-state index in [4.69, 9.17) is 16.3 Å². The molecule has 2 aromatic rings. The highest BCUT2D eigenvalue weighted by Crippen LogP contribution is 2.18. The summed E-state index contributed by atoms with van der Waals surface area (Å²) in [5.74, 6) is 0.0503. The van der Waals surface area contributed by atoms with Gasteiger partial charge in [0.1, 0.15) is 0 Å². The molecule has 0 fully saturated rings. The summed E-state index contributed by atoms with van der Waals surface area (Å²) in [7, 11) is 0. The van der Waals surface area contributed by atoms with Crippen molar-refractivity contribution in [3.63, 3.8) is 0 Å². The quantitative estimate of drug-likeness (QED) is 0.802. The van der Waals surface area contributed by atoms with Gasteiger partial charge < -0.3 is 10.1 Å². The van der Waals surface area contributed by atoms with Crippen LogP contribution in [0.25, 0.3) is 0 Å². The van der Waals surface area contributed by atoms with E-state index in [0.717, 1.165) is 0 Å². The zero-order valence-corrected chi connectivity index (χ0v) is 14.9. The zero-order valence-electron chi connectivity index (χ0n) is 13.3. The number of hydrogen-bond acceptors (Lipinski definition) is 5. The number of thiazole rings is 1. The van der Waals surface area contributed by atoms with Gasteiger partial charge in [-0.15, -0.1) is 11.3 Å². The van der Waals surface area contributed by atoms with Gasteiger partial charge in [-0.05, 0) is 24.1 Å². The Labute approximate surface area is 149 Å². The number of rotatable bonds is 6. The van der Waals surface area contributed by atoms with Crippen molar-refractivity contribution in [3.8, 4) is 0 Å². The topological polar surface area (TPSA) is 80.3 Å². The first-order valence-corrected chi connectivity index (χ1v) is 8.61. The van der Waals surface area contributed by atoms with E-state index in [0.29, 0.717) is 28.1 Å². The maximum atomic E-state index is 12.0. The summed E-state index contributed by atoms with van der Waals surface area (Å²) in [5, 5.41) is 7.95. The van der Waals surface area contributed by atoms with E-state index in [1.165, 1.54) is 11.3 Å². The molecule has 0 bridgehead atoms. The normalized spacial score (nSPS) is 10.5. The Morgan fingerprint density at radius 3 is 2.83 bits per heavy atom. The first-order chi connectivity index (χ1) is 11.4. The maximum Gasteiger partial charge on any atom is 0.413 e. The third-order valence-corrected chi connectivity index (χ3v) is 3.80. The lowest BCUT2D eigenvalue weighted by molar-refractivity contribution is -0.115. The predicted molar refractivity (Wildman–Crippen MR) is 95.7 cm³/mol. The maximum absolute atomic E-state index is 12.0. The molecular formula is C16H18ClN3O3S. The van der Waals surface area contributed by atoms with Gasteiger partial charge >= 0.3 is 6.09 Å². The number of halogens is 1. The monoisotopic (exact) mass is 367 g/mol. The van der Waals surface area contributed by atoms with Crippen molar-refractivity contribution >= 4 is 45.8 Å². The predicted octanol–water partition coefficient (Wildman–Crippen LogP) is 4.18. The summed E-state index contributed by atoms with van der Waals surface area (Å²) in [6.45, 7) is 4.24. The van der Waals surface area contributed by atoms with Crippen LogP contribution in [0.5, 0.6) is 0 Å². The van der Waals surface area contributed by atoms with Crippen LogP contribution in [0.3, 0.4) is 0 Å². The third kappa shape index (κ3) is 6.17. The molecule has 0 atom stereocenters. The summed E-state index contributed by atoms with van der Waals surface area (Å²) in [5.41, 5.74) is 1.19. The number of nitrogens with zero attached hydrogens (tertiary/aromatic N) is 1. The lowest BCUT2D eigenvalue weighted by atomic mass is 10.2. The van der Waals surface area contributed by atoms with Crippen LogP contribution in [0, 0.1) is 5.92 Å². The van der Waals surface area contributed by atoms with Gasteiger partial charge in [-0.25, -0.2) is 9.78 Å². The van der Waals surface area contributed by atoms with Crippen molar-refractivity contribution in [2.45, 2.75) is 20.3 Å². The minimum Gasteiger partial charge on any atom is -0.449 e. The average molecular weight is 368 g/mol. The SMILES string of the molecule is CC(C)COC(=O)Nc1nc(CC(=O)Nc2cccc(Cl)c2)cs1. The molecule has 0 aliphatic heterocycles. The summed E-state index contributed by atoms with van der Waals surface area (Å²) < 4.78 is 5.01. The van der Waals surface area contributed by atoms with Crippen molar-refractivity contribution in [2.75, 3.05) is 17.2 Å². The fraction of sp³-hybridized carbons (Fsp3) is 0.312. The second-order valence-corrected chi connectivity index (χ2v) is 6.79. The fourth-order valence-electron chi connectivity index (χ4n) is 1.75. The molecule has 1 aromatic heterocycles. The second kappa shape index (κ2) is 8.65. The molecule has 2 amide bonds. The van der Waals surface area contributed by atoms with E-state index in [9.17, 15) is 9.59 Å². The molecule has 0 spiro atoms. The van der Waals surface area contributed by atoms with Crippen molar-refractivity contribution < 1.29 is 14.3 Å². The molecule has 0 saturated heterocycles. The van der Waals surface area contributed by atoms with Gasteiger partial charge in [-0.1, -0.05) is 31.5 Å². The number of amides is 2. The molecule has 0 saturated carbocycles. The van der Waals surface area contributed by atoms with Gasteiger partial charge in [0.05, 0.1) is 18.7 Å². The Kier molecular flexibility index (Phi) is 6.57. The number of anilines is 2. The number of carbonyl (C=O) groups is 2. The van der Waals surface area contributed by atoms with E-state index < -0.39 is 6.09 Å². The number of aromatic nitrogens is 1. The first-order valence-electron chi connectivity index (χ1n) is 7.36. The van der Waals surface area contributed by atoms with Crippen molar-refractivity contribution in [2.24, 2.45) is 5.92 Å². The van der Waals surface area contributed by atoms with Crippen LogP contribution >= 0.6 is 22.9 Å². The minimum absolute atomic E-state index is 0.103. The lowest BCUT2D eigenvalue weighted by Crippen LogP contribution is -2.17. The molecule has 128 valence electrons. The van der Waals surface area contributed by atoms with Gasteiger partial charge in [0.2, 0.25) is 5.91 Å². The first kappa shape index (κ1) is 18.2. The van der Waals surface area contributed by atoms with Crippen molar-refractivity contribution in [3.05, 3.63) is 40.4 Å². The van der Waals surface area contributed by atoms with Crippen LogP contribution in [-0.2, 0) is 16.0 Å². The highest BCUT2D eigenvalue weighted by atomic mass is 35.5. The summed E-state index contributed by atoms with van der Waals surface area (Å²) >= 11 is 7.11. The smallest absolute Gasteiger partial charge is 0.413 e. The molecule has 0 unspecified atom stereocenters. The molecule has 0 radical (unpaired) electrons. The molecule has 8 heteroatoms. The number of hydrogen-bond donors (Lipinski definition) is 2. The fourth-order valence-corrected chi connectivity index (χ4v) is 2.63. The summed E-state index contributed by atoms with van der Waals surface area (Å²) in [6, 6.07) is 6.90. The Balaban J connectivity index is 1.84. The third-order valence-electron chi connectivity index (χ3n) is 2.76. The number of ether oxygens (including phenoxy) is 1. The van der Waals surface area contributed by atoms with Gasteiger partial charge in [0.25, 0.3) is 0 Å². The number of nitrogens with one attached hydrogen (secondary N) is 2. The Hall–Kier alpha value is -2.12. The molecule has 2 N–H and O–H groups in total. The van der Waals surface area contributed by atoms with E-state index in [1.807, 2.05) is 13.8 Å². The van der Waals surface area contributed by atoms with Crippen LogP contribution in [0.15, 0.2) is 29.6 Å². The van der Waals surface area contributed by atoms with E-state index in [1.54, 1.807) is 29.6 Å². The highest BCUT2D eigenvalue weighted by Gasteiger charge is 2.11. The molecule has 0 aliphatic rings. The Morgan fingerprint density at radius 2 is 2.12 bits per heavy atom. The molecule has 6 nitrogen and oxygen atoms in total. The van der Waals surface area contributed by atoms with Crippen LogP contribution in [0.4, 0.5) is 15.6 Å². The number of carbonyl (C=O) groups excluding carboxylic acids is 2. The zero-order chi connectivity index (χ0) is 17.5. The van der Waals surface area contributed by atoms with Crippen LogP contribution in [-0.4, -0.2) is 23.6 Å². The van der Waals surface area contributed by atoms with Crippen LogP contribution in [0.2, 0.25) is 5.02 Å². The van der Waals surface area contributed by atoms with Gasteiger partial charge in [-0.3, -0.25) is 10.1 Å². The van der Waals surface area contributed by atoms with E-state index in [-0.39, 0.29) is 18.2 Å². The standard InChI is InChI=1S/C16H18ClN3O3S/c1-10(2)8-23-16(22)20-15-19-13(9-24-15)7-14(21)18-12-5-3-4-11(17)6-12/h3-6,9-10H,7-8H2,1-2H3,(H,18,21)(H,19,20,22). The van der Waals surface area contributed by atoms with Crippen LogP contribution in [0.1, 0.15) is 19.5 Å². The largest absolute Gasteiger partial charge is 0.449 e. The van der Waals surface area contributed by atoms with Gasteiger partial charge in [0, 0.05) is 16.1 Å². The van der Waals surface area contributed by atoms with E-state index in [2.05, 4.69) is 15.6 Å². The van der Waals surface area contributed by atoms with Crippen molar-refractivity contribution in [1.29, 1.82) is 0 Å². The Bertz CT molecular complexity index is 718. The molecule has 1 aromatic carbocycles. The molecule has 1 heterocycles. The Morgan fingerprint density at radius 1 is 1.33 bits per heavy atom. The van der Waals surface area contributed by atoms with E-state index >= 15 is 0 Å². The minimum atomic E-state index is -0.548. The lowest BCUT2D eigenvalue weighted by Gasteiger charge is -2.06. The number of benzene rings is 1. The van der Waals surface area contributed by atoms with Gasteiger partial charge in [-0.2, -0.15) is 0 Å². The molecule has 24 heavy (non-hydrogen) atoms. The van der Waals surface area contributed by atoms with Crippen molar-refractivity contribution in [1.82, 2.24) is 4.98 Å². The molecule has 2 rings (SSSR count). The second-order valence-electron chi connectivity index (χ2n) is 5.50. The molecule has 0 aliphatic carbocycles. The highest BCUT2D eigenvalue weighted by molar-refractivity contribution is 7.13. The van der Waals surface area contributed by atoms with Gasteiger partial charge in [0.15, 0.2) is 5.13 Å². The van der Waals surface area contributed by atoms with Crippen LogP contribution < -0.4 is 10.6 Å². The molecular weight excluding hydrogens is 350 g/mol. The summed E-state index contributed by atoms with van der Waals surface area (Å²) in [4.78, 5) is 27.8.